The first-order valence-electron chi connectivity index (χ1n) is 11.3. The number of nitrogens with one attached hydrogen (secondary N) is 3. The van der Waals surface area contributed by atoms with Gasteiger partial charge in [-0.3, -0.25) is 19.2 Å². The van der Waals surface area contributed by atoms with Crippen LogP contribution in [0, 0.1) is 0 Å². The van der Waals surface area contributed by atoms with Crippen LogP contribution in [0.4, 0.5) is 11.4 Å². The molecule has 10 nitrogen and oxygen atoms in total. The molecule has 0 aliphatic rings. The molecule has 0 atom stereocenters. The number of para-hydroxylation sites is 1. The fraction of sp³-hybridized carbons (Fsp3) is 0.0741. The fourth-order valence-corrected chi connectivity index (χ4v) is 3.56. The van der Waals surface area contributed by atoms with Gasteiger partial charge in [0.15, 0.2) is 0 Å². The Bertz CT molecular complexity index is 1600. The van der Waals surface area contributed by atoms with E-state index in [1.165, 1.54) is 24.5 Å². The minimum atomic E-state index is -1.11. The van der Waals surface area contributed by atoms with Gasteiger partial charge in [0.1, 0.15) is 17.6 Å². The van der Waals surface area contributed by atoms with Crippen molar-refractivity contribution in [3.05, 3.63) is 99.4 Å². The van der Waals surface area contributed by atoms with Gasteiger partial charge >= 0.3 is 11.8 Å². The number of carbonyl (C=O) groups is 3. The van der Waals surface area contributed by atoms with Crippen LogP contribution in [0.15, 0.2) is 87.3 Å². The third-order valence-electron chi connectivity index (χ3n) is 5.18. The molecular weight excluding hydrogens is 512 g/mol. The van der Waals surface area contributed by atoms with Crippen LogP contribution in [0.1, 0.15) is 22.8 Å². The van der Waals surface area contributed by atoms with Gasteiger partial charge in [0.25, 0.3) is 5.91 Å². The van der Waals surface area contributed by atoms with Crippen molar-refractivity contribution in [1.29, 1.82) is 0 Å². The monoisotopic (exact) mass is 532 g/mol. The molecule has 0 saturated carbocycles. The molecule has 38 heavy (non-hydrogen) atoms. The van der Waals surface area contributed by atoms with Gasteiger partial charge in [-0.2, -0.15) is 5.10 Å². The molecule has 0 aliphatic heterocycles. The summed E-state index contributed by atoms with van der Waals surface area (Å²) in [5, 5.41) is 9.38. The maximum Gasteiger partial charge on any atom is 0.329 e. The van der Waals surface area contributed by atoms with E-state index in [-0.39, 0.29) is 22.2 Å². The minimum Gasteiger partial charge on any atom is -0.494 e. The number of carbonyl (C=O) groups excluding carboxylic acids is 3. The van der Waals surface area contributed by atoms with E-state index < -0.39 is 23.2 Å². The number of ether oxygens (including phenoxy) is 1. The summed E-state index contributed by atoms with van der Waals surface area (Å²) in [6.45, 7) is 2.39. The highest BCUT2D eigenvalue weighted by Crippen LogP contribution is 2.20. The highest BCUT2D eigenvalue weighted by molar-refractivity contribution is 6.40. The molecule has 0 fully saturated rings. The Morgan fingerprint density at radius 1 is 1.00 bits per heavy atom. The van der Waals surface area contributed by atoms with Crippen molar-refractivity contribution in [1.82, 2.24) is 5.43 Å². The normalized spacial score (nSPS) is 10.8. The van der Waals surface area contributed by atoms with Gasteiger partial charge in [-0.05, 0) is 61.5 Å². The average Bonchev–Trinajstić information content (AvgIpc) is 2.91. The number of nitrogens with zero attached hydrogens (tertiary/aromatic N) is 1. The smallest absolute Gasteiger partial charge is 0.329 e. The first kappa shape index (κ1) is 26.1. The summed E-state index contributed by atoms with van der Waals surface area (Å²) in [4.78, 5) is 50.1. The second-order valence-corrected chi connectivity index (χ2v) is 8.21. The quantitative estimate of drug-likeness (QED) is 0.185. The Morgan fingerprint density at radius 2 is 1.76 bits per heavy atom. The lowest BCUT2D eigenvalue weighted by molar-refractivity contribution is -0.136. The minimum absolute atomic E-state index is 0.0387. The number of rotatable bonds is 7. The molecule has 0 bridgehead atoms. The van der Waals surface area contributed by atoms with Crippen LogP contribution >= 0.6 is 11.6 Å². The van der Waals surface area contributed by atoms with Crippen LogP contribution in [0.25, 0.3) is 11.0 Å². The topological polar surface area (TPSA) is 139 Å². The number of benzene rings is 3. The summed E-state index contributed by atoms with van der Waals surface area (Å²) in [5.41, 5.74) is 2.78. The van der Waals surface area contributed by atoms with Crippen molar-refractivity contribution in [2.75, 3.05) is 17.2 Å². The van der Waals surface area contributed by atoms with Crippen LogP contribution in [0.2, 0.25) is 5.02 Å². The molecule has 1 aromatic heterocycles. The number of hydrogen-bond donors (Lipinski definition) is 3. The number of anilines is 2. The zero-order valence-electron chi connectivity index (χ0n) is 20.0. The number of hydrazone groups is 1. The molecule has 4 aromatic rings. The maximum atomic E-state index is 12.8. The van der Waals surface area contributed by atoms with Crippen LogP contribution in [-0.2, 0) is 9.59 Å². The van der Waals surface area contributed by atoms with E-state index in [4.69, 9.17) is 20.8 Å². The lowest BCUT2D eigenvalue weighted by atomic mass is 10.1. The third kappa shape index (κ3) is 6.23. The molecule has 0 aliphatic carbocycles. The summed E-state index contributed by atoms with van der Waals surface area (Å²) < 4.78 is 10.8. The molecule has 192 valence electrons. The maximum absolute atomic E-state index is 12.8. The Labute approximate surface area is 221 Å². The number of halogens is 1. The standard InChI is InChI=1S/C27H21ClN4O6/c1-2-37-19-10-8-18(9-11-19)30-25(34)20-5-3-4-6-22(20)31-26(35)27(36)32-29-14-16-15-38-23-12-7-17(28)13-21(23)24(16)33/h3-15H,2H2,1H3,(H,30,34)(H,31,35)(H,32,36)/b29-14+. The van der Waals surface area contributed by atoms with E-state index in [0.717, 1.165) is 6.21 Å². The van der Waals surface area contributed by atoms with Crippen molar-refractivity contribution in [3.8, 4) is 5.75 Å². The Morgan fingerprint density at radius 3 is 2.53 bits per heavy atom. The lowest BCUT2D eigenvalue weighted by Gasteiger charge is -2.11. The predicted molar refractivity (Wildman–Crippen MR) is 144 cm³/mol. The van der Waals surface area contributed by atoms with Crippen molar-refractivity contribution in [2.45, 2.75) is 6.92 Å². The molecule has 4 rings (SSSR count). The number of fused-ring (bicyclic) bond motifs is 1. The highest BCUT2D eigenvalue weighted by atomic mass is 35.5. The van der Waals surface area contributed by atoms with Crippen LogP contribution in [0.5, 0.6) is 5.75 Å². The summed E-state index contributed by atoms with van der Waals surface area (Å²) >= 11 is 5.93. The van der Waals surface area contributed by atoms with Gasteiger partial charge in [-0.15, -0.1) is 0 Å². The molecule has 3 aromatic carbocycles. The second kappa shape index (κ2) is 11.8. The molecule has 0 unspecified atom stereocenters. The third-order valence-corrected chi connectivity index (χ3v) is 5.42. The average molecular weight is 533 g/mol. The molecule has 3 N–H and O–H groups in total. The van der Waals surface area contributed by atoms with Crippen molar-refractivity contribution < 1.29 is 23.5 Å². The predicted octanol–water partition coefficient (Wildman–Crippen LogP) is 4.19. The molecule has 3 amide bonds. The van der Waals surface area contributed by atoms with Gasteiger partial charge < -0.3 is 19.8 Å². The van der Waals surface area contributed by atoms with Gasteiger partial charge in [0.2, 0.25) is 5.43 Å². The largest absolute Gasteiger partial charge is 0.494 e. The van der Waals surface area contributed by atoms with E-state index >= 15 is 0 Å². The number of hydrogen-bond acceptors (Lipinski definition) is 7. The van der Waals surface area contributed by atoms with E-state index in [9.17, 15) is 19.2 Å². The summed E-state index contributed by atoms with van der Waals surface area (Å²) in [7, 11) is 0. The Kier molecular flexibility index (Phi) is 8.14. The summed E-state index contributed by atoms with van der Waals surface area (Å²) in [6, 6.07) is 17.6. The van der Waals surface area contributed by atoms with Gasteiger partial charge in [0.05, 0.1) is 35.0 Å². The van der Waals surface area contributed by atoms with Gasteiger partial charge in [0, 0.05) is 10.7 Å². The van der Waals surface area contributed by atoms with Crippen molar-refractivity contribution >= 4 is 57.9 Å². The Balaban J connectivity index is 1.40. The van der Waals surface area contributed by atoms with Gasteiger partial charge in [-0.1, -0.05) is 23.7 Å². The zero-order chi connectivity index (χ0) is 27.1. The van der Waals surface area contributed by atoms with Crippen LogP contribution in [0.3, 0.4) is 0 Å². The van der Waals surface area contributed by atoms with E-state index in [1.54, 1.807) is 48.5 Å². The fourth-order valence-electron chi connectivity index (χ4n) is 3.39. The second-order valence-electron chi connectivity index (χ2n) is 7.77. The van der Waals surface area contributed by atoms with Gasteiger partial charge in [-0.25, -0.2) is 5.43 Å². The summed E-state index contributed by atoms with van der Waals surface area (Å²) in [5.74, 6) is -2.01. The van der Waals surface area contributed by atoms with Crippen LogP contribution in [-0.4, -0.2) is 30.5 Å². The molecule has 1 heterocycles. The lowest BCUT2D eigenvalue weighted by Crippen LogP contribution is -2.33. The van der Waals surface area contributed by atoms with E-state index in [0.29, 0.717) is 28.6 Å². The first-order chi connectivity index (χ1) is 18.4. The molecule has 0 saturated heterocycles. The zero-order valence-corrected chi connectivity index (χ0v) is 20.7. The van der Waals surface area contributed by atoms with E-state index in [2.05, 4.69) is 15.7 Å². The molecule has 0 radical (unpaired) electrons. The SMILES string of the molecule is CCOc1ccc(NC(=O)c2ccccc2NC(=O)C(=O)N/N=C/c2coc3ccc(Cl)cc3c2=O)cc1. The van der Waals surface area contributed by atoms with Crippen LogP contribution < -0.4 is 26.2 Å². The first-order valence-corrected chi connectivity index (χ1v) is 11.7. The van der Waals surface area contributed by atoms with Crippen molar-refractivity contribution in [2.24, 2.45) is 5.10 Å². The number of amides is 3. The molecule has 0 spiro atoms. The van der Waals surface area contributed by atoms with Crippen molar-refractivity contribution in [3.63, 3.8) is 0 Å². The van der Waals surface area contributed by atoms with E-state index in [1.807, 2.05) is 12.3 Å². The summed E-state index contributed by atoms with van der Waals surface area (Å²) in [6.07, 6.45) is 2.23. The molecular formula is C27H21ClN4O6. The molecule has 11 heteroatoms. The highest BCUT2D eigenvalue weighted by Gasteiger charge is 2.18. The Hall–Kier alpha value is -4.96.